The second-order valence-corrected chi connectivity index (χ2v) is 8.61. The van der Waals surface area contributed by atoms with Gasteiger partial charge in [-0.3, -0.25) is 19.3 Å². The molecule has 0 saturated carbocycles. The molecule has 3 heterocycles. The SMILES string of the molecule is C=CCNC(=O)CN1CCN(C(=O)c2sc(-c3c(C)c(C)nn(C)c3=O)nc2C)CC1. The van der Waals surface area contributed by atoms with E-state index in [-0.39, 0.29) is 17.4 Å². The highest BCUT2D eigenvalue weighted by Gasteiger charge is 2.27. The van der Waals surface area contributed by atoms with Gasteiger partial charge in [0.15, 0.2) is 0 Å². The van der Waals surface area contributed by atoms with Crippen LogP contribution in [0.15, 0.2) is 17.4 Å². The highest BCUT2D eigenvalue weighted by molar-refractivity contribution is 7.17. The zero-order valence-corrected chi connectivity index (χ0v) is 19.2. The van der Waals surface area contributed by atoms with Gasteiger partial charge >= 0.3 is 0 Å². The normalized spacial score (nSPS) is 14.5. The summed E-state index contributed by atoms with van der Waals surface area (Å²) in [7, 11) is 1.61. The molecule has 0 bridgehead atoms. The number of amides is 2. The Morgan fingerprint density at radius 1 is 1.16 bits per heavy atom. The van der Waals surface area contributed by atoms with Crippen LogP contribution in [0.2, 0.25) is 0 Å². The van der Waals surface area contributed by atoms with Crippen molar-refractivity contribution in [3.8, 4) is 10.6 Å². The second-order valence-electron chi connectivity index (χ2n) is 7.61. The predicted molar refractivity (Wildman–Crippen MR) is 120 cm³/mol. The molecule has 0 unspecified atom stereocenters. The van der Waals surface area contributed by atoms with Gasteiger partial charge in [-0.2, -0.15) is 5.10 Å². The molecule has 0 radical (unpaired) electrons. The lowest BCUT2D eigenvalue weighted by molar-refractivity contribution is -0.122. The summed E-state index contributed by atoms with van der Waals surface area (Å²) in [6, 6.07) is 0. The van der Waals surface area contributed by atoms with Gasteiger partial charge in [0, 0.05) is 39.8 Å². The van der Waals surface area contributed by atoms with E-state index in [4.69, 9.17) is 0 Å². The molecule has 2 amide bonds. The minimum absolute atomic E-state index is 0.0489. The van der Waals surface area contributed by atoms with Gasteiger partial charge in [-0.1, -0.05) is 6.08 Å². The fourth-order valence-corrected chi connectivity index (χ4v) is 4.63. The molecule has 1 aliphatic heterocycles. The van der Waals surface area contributed by atoms with Crippen LogP contribution in [0.25, 0.3) is 10.6 Å². The van der Waals surface area contributed by atoms with Crippen LogP contribution in [0.4, 0.5) is 0 Å². The van der Waals surface area contributed by atoms with Gasteiger partial charge in [-0.15, -0.1) is 17.9 Å². The van der Waals surface area contributed by atoms with Gasteiger partial charge in [-0.05, 0) is 26.3 Å². The second kappa shape index (κ2) is 9.52. The third-order valence-electron chi connectivity index (χ3n) is 5.40. The Morgan fingerprint density at radius 2 is 1.84 bits per heavy atom. The van der Waals surface area contributed by atoms with E-state index < -0.39 is 0 Å². The summed E-state index contributed by atoms with van der Waals surface area (Å²) < 4.78 is 1.31. The van der Waals surface area contributed by atoms with Gasteiger partial charge in [0.1, 0.15) is 9.88 Å². The summed E-state index contributed by atoms with van der Waals surface area (Å²) in [4.78, 5) is 46.6. The highest BCUT2D eigenvalue weighted by atomic mass is 32.1. The molecule has 3 rings (SSSR count). The van der Waals surface area contributed by atoms with E-state index in [9.17, 15) is 14.4 Å². The topological polar surface area (TPSA) is 100 Å². The maximum Gasteiger partial charge on any atom is 0.277 e. The quantitative estimate of drug-likeness (QED) is 0.664. The smallest absolute Gasteiger partial charge is 0.277 e. The van der Waals surface area contributed by atoms with Crippen molar-refractivity contribution in [2.45, 2.75) is 20.8 Å². The van der Waals surface area contributed by atoms with Crippen molar-refractivity contribution in [2.24, 2.45) is 7.05 Å². The molecule has 1 aliphatic rings. The van der Waals surface area contributed by atoms with Crippen LogP contribution in [0.3, 0.4) is 0 Å². The Bertz CT molecular complexity index is 1070. The maximum atomic E-state index is 13.1. The Morgan fingerprint density at radius 3 is 2.48 bits per heavy atom. The summed E-state index contributed by atoms with van der Waals surface area (Å²) in [6.45, 7) is 12.2. The minimum atomic E-state index is -0.223. The Hall–Kier alpha value is -2.85. The lowest BCUT2D eigenvalue weighted by atomic mass is 10.1. The van der Waals surface area contributed by atoms with Crippen LogP contribution < -0.4 is 10.9 Å². The van der Waals surface area contributed by atoms with Gasteiger partial charge in [-0.25, -0.2) is 9.67 Å². The minimum Gasteiger partial charge on any atom is -0.352 e. The maximum absolute atomic E-state index is 13.1. The summed E-state index contributed by atoms with van der Waals surface area (Å²) >= 11 is 1.25. The third-order valence-corrected chi connectivity index (χ3v) is 6.56. The van der Waals surface area contributed by atoms with Crippen LogP contribution in [-0.4, -0.2) is 75.6 Å². The van der Waals surface area contributed by atoms with Crippen molar-refractivity contribution in [2.75, 3.05) is 39.3 Å². The first-order valence-corrected chi connectivity index (χ1v) is 11.0. The molecule has 31 heavy (non-hydrogen) atoms. The van der Waals surface area contributed by atoms with Gasteiger partial charge in [0.2, 0.25) is 5.91 Å². The van der Waals surface area contributed by atoms with Crippen LogP contribution in [-0.2, 0) is 11.8 Å². The number of rotatable bonds is 6. The first-order valence-electron chi connectivity index (χ1n) is 10.1. The van der Waals surface area contributed by atoms with Crippen LogP contribution >= 0.6 is 11.3 Å². The molecule has 166 valence electrons. The first kappa shape index (κ1) is 22.8. The zero-order valence-electron chi connectivity index (χ0n) is 18.4. The monoisotopic (exact) mass is 444 g/mol. The number of aryl methyl sites for hydroxylation is 3. The molecule has 2 aromatic heterocycles. The standard InChI is InChI=1S/C21H28N6O3S/c1-6-7-22-16(28)12-26-8-10-27(11-9-26)21(30)18-15(4)23-19(31-18)17-13(2)14(3)24-25(5)20(17)29/h6H,1,7-12H2,2-5H3,(H,22,28). The largest absolute Gasteiger partial charge is 0.352 e. The average Bonchev–Trinajstić information content (AvgIpc) is 3.12. The van der Waals surface area contributed by atoms with Gasteiger partial charge in [0.05, 0.1) is 23.5 Å². The molecule has 9 nitrogen and oxygen atoms in total. The molecule has 1 N–H and O–H groups in total. The number of aromatic nitrogens is 3. The Labute approximate surface area is 185 Å². The molecular formula is C21H28N6O3S. The molecule has 2 aromatic rings. The lowest BCUT2D eigenvalue weighted by Gasteiger charge is -2.34. The predicted octanol–water partition coefficient (Wildman–Crippen LogP) is 0.889. The molecule has 1 fully saturated rings. The van der Waals surface area contributed by atoms with Crippen LogP contribution in [0.5, 0.6) is 0 Å². The number of nitrogens with one attached hydrogen (secondary N) is 1. The van der Waals surface area contributed by atoms with Crippen LogP contribution in [0, 0.1) is 20.8 Å². The van der Waals surface area contributed by atoms with Crippen LogP contribution in [0.1, 0.15) is 26.6 Å². The number of nitrogens with zero attached hydrogens (tertiary/aromatic N) is 5. The van der Waals surface area contributed by atoms with E-state index in [1.807, 2.05) is 18.7 Å². The molecule has 0 aromatic carbocycles. The van der Waals surface area contributed by atoms with Crippen molar-refractivity contribution >= 4 is 23.2 Å². The number of hydrogen-bond acceptors (Lipinski definition) is 7. The third kappa shape index (κ3) is 4.91. The molecule has 1 saturated heterocycles. The Balaban J connectivity index is 1.73. The lowest BCUT2D eigenvalue weighted by Crippen LogP contribution is -2.51. The van der Waals surface area contributed by atoms with Gasteiger partial charge < -0.3 is 10.2 Å². The zero-order chi connectivity index (χ0) is 22.7. The number of thiazole rings is 1. The first-order chi connectivity index (χ1) is 14.7. The summed E-state index contributed by atoms with van der Waals surface area (Å²) in [5, 5.41) is 7.52. The van der Waals surface area contributed by atoms with E-state index in [0.29, 0.717) is 60.4 Å². The molecule has 0 spiro atoms. The summed E-state index contributed by atoms with van der Waals surface area (Å²) in [5.74, 6) is -0.135. The van der Waals surface area contributed by atoms with Crippen molar-refractivity contribution in [3.63, 3.8) is 0 Å². The average molecular weight is 445 g/mol. The van der Waals surface area contributed by atoms with Crippen molar-refractivity contribution in [1.29, 1.82) is 0 Å². The Kier molecular flexibility index (Phi) is 7.01. The highest BCUT2D eigenvalue weighted by Crippen LogP contribution is 2.29. The molecular weight excluding hydrogens is 416 g/mol. The van der Waals surface area contributed by atoms with E-state index in [0.717, 1.165) is 11.3 Å². The molecule has 10 heteroatoms. The fraction of sp³-hybridized carbons (Fsp3) is 0.476. The van der Waals surface area contributed by atoms with Crippen molar-refractivity contribution < 1.29 is 9.59 Å². The van der Waals surface area contributed by atoms with Crippen molar-refractivity contribution in [1.82, 2.24) is 29.9 Å². The number of hydrogen-bond donors (Lipinski definition) is 1. The molecule has 0 atom stereocenters. The van der Waals surface area contributed by atoms with Gasteiger partial charge in [0.25, 0.3) is 11.5 Å². The number of carbonyl (C=O) groups excluding carboxylic acids is 2. The van der Waals surface area contributed by atoms with E-state index >= 15 is 0 Å². The number of carbonyl (C=O) groups is 2. The molecule has 0 aliphatic carbocycles. The van der Waals surface area contributed by atoms with E-state index in [1.54, 1.807) is 24.9 Å². The summed E-state index contributed by atoms with van der Waals surface area (Å²) in [6.07, 6.45) is 1.64. The summed E-state index contributed by atoms with van der Waals surface area (Å²) in [5.41, 5.74) is 2.43. The number of piperazine rings is 1. The van der Waals surface area contributed by atoms with Crippen molar-refractivity contribution in [3.05, 3.63) is 44.8 Å². The van der Waals surface area contributed by atoms with E-state index in [1.165, 1.54) is 16.0 Å². The fourth-order valence-electron chi connectivity index (χ4n) is 3.50. The van der Waals surface area contributed by atoms with E-state index in [2.05, 4.69) is 22.0 Å².